The second-order valence-electron chi connectivity index (χ2n) is 6.68. The summed E-state index contributed by atoms with van der Waals surface area (Å²) >= 11 is 0. The molecule has 28 heavy (non-hydrogen) atoms. The smallest absolute Gasteiger partial charge is 0.262 e. The van der Waals surface area contributed by atoms with E-state index in [-0.39, 0.29) is 36.5 Å². The van der Waals surface area contributed by atoms with E-state index in [1.54, 1.807) is 24.3 Å². The lowest BCUT2D eigenvalue weighted by atomic mass is 10.1. The topological polar surface area (TPSA) is 78.0 Å². The lowest BCUT2D eigenvalue weighted by molar-refractivity contribution is 0.0500. The van der Waals surface area contributed by atoms with E-state index in [2.05, 4.69) is 0 Å². The van der Waals surface area contributed by atoms with E-state index in [9.17, 15) is 22.4 Å². The number of carbonyl (C=O) groups excluding carboxylic acids is 2. The molecule has 0 spiro atoms. The summed E-state index contributed by atoms with van der Waals surface area (Å²) in [4.78, 5) is 27.6. The van der Waals surface area contributed by atoms with E-state index in [1.165, 1.54) is 27.4 Å². The molecule has 0 saturated carbocycles. The Morgan fingerprint density at radius 1 is 0.821 bits per heavy atom. The van der Waals surface area contributed by atoms with E-state index >= 15 is 0 Å². The first-order valence-electron chi connectivity index (χ1n) is 8.82. The van der Waals surface area contributed by atoms with Crippen molar-refractivity contribution in [3.63, 3.8) is 0 Å². The highest BCUT2D eigenvalue weighted by Gasteiger charge is 2.37. The number of amides is 2. The Labute approximate surface area is 162 Å². The number of rotatable bonds is 4. The molecular weight excluding hydrogens is 385 g/mol. The zero-order valence-corrected chi connectivity index (χ0v) is 15.7. The first-order valence-corrected chi connectivity index (χ1v) is 10.3. The van der Waals surface area contributed by atoms with Crippen LogP contribution in [-0.4, -0.2) is 67.2 Å². The summed E-state index contributed by atoms with van der Waals surface area (Å²) in [5.41, 5.74) is 0.765. The third-order valence-electron chi connectivity index (χ3n) is 5.01. The van der Waals surface area contributed by atoms with E-state index in [0.717, 1.165) is 6.07 Å². The predicted molar refractivity (Wildman–Crippen MR) is 98.5 cm³/mol. The van der Waals surface area contributed by atoms with Gasteiger partial charge in [-0.15, -0.1) is 0 Å². The van der Waals surface area contributed by atoms with E-state index in [4.69, 9.17) is 0 Å². The Morgan fingerprint density at radius 2 is 1.36 bits per heavy atom. The summed E-state index contributed by atoms with van der Waals surface area (Å²) < 4.78 is 40.5. The minimum absolute atomic E-state index is 0.0972. The summed E-state index contributed by atoms with van der Waals surface area (Å²) in [6.45, 7) is 1.07. The normalized spacial score (nSPS) is 18.5. The quantitative estimate of drug-likeness (QED) is 0.721. The number of benzene rings is 2. The molecule has 0 aliphatic carbocycles. The van der Waals surface area contributed by atoms with Crippen molar-refractivity contribution in [2.75, 3.05) is 32.8 Å². The standard InChI is InChI=1S/C19H18FN3O4S/c20-16-7-3-4-8-17(16)28(26,27)22-11-9-21(10-12-22)13-23-18(24)14-5-1-2-6-15(14)19(23)25/h1-8H,9-13H2. The van der Waals surface area contributed by atoms with Crippen LogP contribution in [0, 0.1) is 5.82 Å². The lowest BCUT2D eigenvalue weighted by Gasteiger charge is -2.35. The van der Waals surface area contributed by atoms with Crippen LogP contribution in [0.3, 0.4) is 0 Å². The van der Waals surface area contributed by atoms with Crippen molar-refractivity contribution in [2.24, 2.45) is 0 Å². The fourth-order valence-electron chi connectivity index (χ4n) is 3.47. The number of sulfonamides is 1. The maximum atomic E-state index is 13.9. The Hall–Kier alpha value is -2.62. The number of imide groups is 1. The average molecular weight is 403 g/mol. The van der Waals surface area contributed by atoms with Gasteiger partial charge in [-0.05, 0) is 24.3 Å². The van der Waals surface area contributed by atoms with Gasteiger partial charge in [0, 0.05) is 26.2 Å². The van der Waals surface area contributed by atoms with Crippen molar-refractivity contribution >= 4 is 21.8 Å². The van der Waals surface area contributed by atoms with Crippen LogP contribution in [-0.2, 0) is 10.0 Å². The first kappa shape index (κ1) is 18.7. The molecule has 2 aliphatic rings. The van der Waals surface area contributed by atoms with Crippen molar-refractivity contribution in [3.05, 3.63) is 65.5 Å². The maximum Gasteiger partial charge on any atom is 0.262 e. The van der Waals surface area contributed by atoms with Crippen LogP contribution < -0.4 is 0 Å². The number of fused-ring (bicyclic) bond motifs is 1. The zero-order chi connectivity index (χ0) is 19.9. The molecular formula is C19H18FN3O4S. The molecule has 7 nitrogen and oxygen atoms in total. The van der Waals surface area contributed by atoms with Crippen LogP contribution in [0.15, 0.2) is 53.4 Å². The summed E-state index contributed by atoms with van der Waals surface area (Å²) in [6.07, 6.45) is 0. The minimum Gasteiger partial charge on any atom is -0.283 e. The van der Waals surface area contributed by atoms with Gasteiger partial charge in [0.05, 0.1) is 17.8 Å². The van der Waals surface area contributed by atoms with Gasteiger partial charge in [0.2, 0.25) is 10.0 Å². The van der Waals surface area contributed by atoms with Gasteiger partial charge >= 0.3 is 0 Å². The molecule has 2 aliphatic heterocycles. The van der Waals surface area contributed by atoms with Crippen molar-refractivity contribution in [2.45, 2.75) is 4.90 Å². The monoisotopic (exact) mass is 403 g/mol. The molecule has 1 saturated heterocycles. The molecule has 0 radical (unpaired) electrons. The summed E-state index contributed by atoms with van der Waals surface area (Å²) in [6, 6.07) is 11.9. The number of hydrogen-bond donors (Lipinski definition) is 0. The van der Waals surface area contributed by atoms with E-state index in [0.29, 0.717) is 24.2 Å². The Kier molecular flexibility index (Phi) is 4.74. The van der Waals surface area contributed by atoms with E-state index < -0.39 is 15.8 Å². The zero-order valence-electron chi connectivity index (χ0n) is 14.9. The molecule has 2 aromatic carbocycles. The van der Waals surface area contributed by atoms with Gasteiger partial charge in [-0.2, -0.15) is 4.31 Å². The van der Waals surface area contributed by atoms with Gasteiger partial charge in [0.15, 0.2) is 0 Å². The molecule has 2 aromatic rings. The molecule has 0 bridgehead atoms. The molecule has 0 aromatic heterocycles. The molecule has 2 amide bonds. The Morgan fingerprint density at radius 3 is 1.93 bits per heavy atom. The highest BCUT2D eigenvalue weighted by molar-refractivity contribution is 7.89. The molecule has 0 unspecified atom stereocenters. The molecule has 9 heteroatoms. The van der Waals surface area contributed by atoms with Crippen molar-refractivity contribution in [1.29, 1.82) is 0 Å². The fraction of sp³-hybridized carbons (Fsp3) is 0.263. The van der Waals surface area contributed by atoms with Gasteiger partial charge in [-0.25, -0.2) is 12.8 Å². The third-order valence-corrected chi connectivity index (χ3v) is 6.94. The number of carbonyl (C=O) groups is 2. The van der Waals surface area contributed by atoms with Gasteiger partial charge in [0.1, 0.15) is 10.7 Å². The fourth-order valence-corrected chi connectivity index (χ4v) is 4.96. The van der Waals surface area contributed by atoms with Gasteiger partial charge in [0.25, 0.3) is 11.8 Å². The van der Waals surface area contributed by atoms with Crippen molar-refractivity contribution in [1.82, 2.24) is 14.1 Å². The van der Waals surface area contributed by atoms with Crippen molar-refractivity contribution < 1.29 is 22.4 Å². The number of nitrogens with zero attached hydrogens (tertiary/aromatic N) is 3. The summed E-state index contributed by atoms with van der Waals surface area (Å²) in [5, 5.41) is 0. The highest BCUT2D eigenvalue weighted by Crippen LogP contribution is 2.24. The van der Waals surface area contributed by atoms with E-state index in [1.807, 2.05) is 4.90 Å². The molecule has 2 heterocycles. The molecule has 0 atom stereocenters. The SMILES string of the molecule is O=C1c2ccccc2C(=O)N1CN1CCN(S(=O)(=O)c2ccccc2F)CC1. The predicted octanol–water partition coefficient (Wildman–Crippen LogP) is 1.39. The van der Waals surface area contributed by atoms with Crippen LogP contribution in [0.5, 0.6) is 0 Å². The molecule has 4 rings (SSSR count). The molecule has 1 fully saturated rings. The third kappa shape index (κ3) is 3.11. The van der Waals surface area contributed by atoms with Crippen LogP contribution in [0.25, 0.3) is 0 Å². The number of piperazine rings is 1. The Balaban J connectivity index is 1.42. The van der Waals surface area contributed by atoms with Gasteiger partial charge in [-0.3, -0.25) is 19.4 Å². The van der Waals surface area contributed by atoms with Crippen LogP contribution in [0.4, 0.5) is 4.39 Å². The molecule has 0 N–H and O–H groups in total. The maximum absolute atomic E-state index is 13.9. The van der Waals surface area contributed by atoms with Crippen LogP contribution >= 0.6 is 0 Å². The number of hydrogen-bond acceptors (Lipinski definition) is 5. The number of halogens is 1. The lowest BCUT2D eigenvalue weighted by Crippen LogP contribution is -2.52. The summed E-state index contributed by atoms with van der Waals surface area (Å²) in [7, 11) is -3.92. The second-order valence-corrected chi connectivity index (χ2v) is 8.58. The minimum atomic E-state index is -3.92. The average Bonchev–Trinajstić information content (AvgIpc) is 2.94. The second kappa shape index (κ2) is 7.08. The van der Waals surface area contributed by atoms with Crippen molar-refractivity contribution in [3.8, 4) is 0 Å². The van der Waals surface area contributed by atoms with Crippen LogP contribution in [0.1, 0.15) is 20.7 Å². The highest BCUT2D eigenvalue weighted by atomic mass is 32.2. The Bertz CT molecular complexity index is 1010. The van der Waals surface area contributed by atoms with Gasteiger partial charge in [-0.1, -0.05) is 24.3 Å². The largest absolute Gasteiger partial charge is 0.283 e. The first-order chi connectivity index (χ1) is 13.4. The molecule has 146 valence electrons. The van der Waals surface area contributed by atoms with Crippen LogP contribution in [0.2, 0.25) is 0 Å². The van der Waals surface area contributed by atoms with Gasteiger partial charge < -0.3 is 0 Å². The summed E-state index contributed by atoms with van der Waals surface area (Å²) in [5.74, 6) is -1.47.